The van der Waals surface area contributed by atoms with Crippen LogP contribution in [0.5, 0.6) is 0 Å². The number of nitrogens with two attached hydrogens (primary N) is 1. The molecule has 1 saturated heterocycles. The molecule has 0 spiro atoms. The third-order valence-electron chi connectivity index (χ3n) is 5.41. The second-order valence-corrected chi connectivity index (χ2v) is 6.92. The Balaban J connectivity index is 1.92. The molecule has 3 heteroatoms. The van der Waals surface area contributed by atoms with Gasteiger partial charge in [0.1, 0.15) is 0 Å². The Bertz CT molecular complexity index is 497. The molecule has 0 radical (unpaired) electrons. The first kappa shape index (κ1) is 14.9. The van der Waals surface area contributed by atoms with Gasteiger partial charge in [-0.25, -0.2) is 0 Å². The Morgan fingerprint density at radius 3 is 2.62 bits per heavy atom. The fourth-order valence-corrected chi connectivity index (χ4v) is 4.20. The lowest BCUT2D eigenvalue weighted by Gasteiger charge is -2.42. The molecule has 0 amide bonds. The van der Waals surface area contributed by atoms with Crippen LogP contribution in [0.3, 0.4) is 0 Å². The van der Waals surface area contributed by atoms with Crippen molar-refractivity contribution in [2.24, 2.45) is 5.73 Å². The van der Waals surface area contributed by atoms with Gasteiger partial charge in [0.15, 0.2) is 0 Å². The first-order valence-electron chi connectivity index (χ1n) is 8.40. The monoisotopic (exact) mass is 287 g/mol. The van der Waals surface area contributed by atoms with Crippen LogP contribution in [0.15, 0.2) is 24.3 Å². The predicted molar refractivity (Wildman–Crippen MR) is 89.8 cm³/mol. The molecule has 1 saturated carbocycles. The number of benzene rings is 1. The van der Waals surface area contributed by atoms with Crippen LogP contribution in [0.1, 0.15) is 38.7 Å². The lowest BCUT2D eigenvalue weighted by Crippen LogP contribution is -2.56. The van der Waals surface area contributed by atoms with Gasteiger partial charge < -0.3 is 10.6 Å². The average Bonchev–Trinajstić information content (AvgIpc) is 3.26. The van der Waals surface area contributed by atoms with Gasteiger partial charge in [-0.05, 0) is 51.7 Å². The lowest BCUT2D eigenvalue weighted by molar-refractivity contribution is 0.248. The SMILES string of the molecule is CCN(c1ccccc1C)C1(CN)CC(C)N(C2CC2)C1. The number of anilines is 1. The number of aryl methyl sites for hydroxylation is 1. The summed E-state index contributed by atoms with van der Waals surface area (Å²) in [4.78, 5) is 5.27. The Hall–Kier alpha value is -1.06. The van der Waals surface area contributed by atoms with Crippen LogP contribution in [0.25, 0.3) is 0 Å². The topological polar surface area (TPSA) is 32.5 Å². The van der Waals surface area contributed by atoms with Crippen molar-refractivity contribution in [1.82, 2.24) is 4.90 Å². The van der Waals surface area contributed by atoms with E-state index in [-0.39, 0.29) is 5.54 Å². The van der Waals surface area contributed by atoms with E-state index in [0.29, 0.717) is 6.04 Å². The van der Waals surface area contributed by atoms with E-state index in [1.165, 1.54) is 30.5 Å². The minimum Gasteiger partial charge on any atom is -0.363 e. The smallest absolute Gasteiger partial charge is 0.0665 e. The summed E-state index contributed by atoms with van der Waals surface area (Å²) in [5.41, 5.74) is 9.12. The molecule has 1 aliphatic heterocycles. The largest absolute Gasteiger partial charge is 0.363 e. The maximum Gasteiger partial charge on any atom is 0.0665 e. The standard InChI is InChI=1S/C18H29N3/c1-4-21(17-8-6-5-7-14(17)2)18(12-19)11-15(3)20(13-18)16-9-10-16/h5-8,15-16H,4,9-13,19H2,1-3H3. The number of rotatable bonds is 5. The molecule has 2 aliphatic rings. The highest BCUT2D eigenvalue weighted by atomic mass is 15.3. The summed E-state index contributed by atoms with van der Waals surface area (Å²) in [6, 6.07) is 10.2. The number of hydrogen-bond donors (Lipinski definition) is 1. The Kier molecular flexibility index (Phi) is 3.98. The molecule has 0 bridgehead atoms. The summed E-state index contributed by atoms with van der Waals surface area (Å²) in [6.07, 6.45) is 3.94. The summed E-state index contributed by atoms with van der Waals surface area (Å²) in [6.45, 7) is 9.72. The van der Waals surface area contributed by atoms with Crippen molar-refractivity contribution in [1.29, 1.82) is 0 Å². The molecule has 2 N–H and O–H groups in total. The van der Waals surface area contributed by atoms with E-state index in [4.69, 9.17) is 5.73 Å². The molecule has 2 unspecified atom stereocenters. The Morgan fingerprint density at radius 2 is 2.05 bits per heavy atom. The zero-order chi connectivity index (χ0) is 15.0. The van der Waals surface area contributed by atoms with Gasteiger partial charge in [0.05, 0.1) is 5.54 Å². The molecule has 2 atom stereocenters. The van der Waals surface area contributed by atoms with E-state index in [0.717, 1.165) is 25.7 Å². The number of nitrogens with zero attached hydrogens (tertiary/aromatic N) is 2. The number of likely N-dealkylation sites (N-methyl/N-ethyl adjacent to an activating group) is 1. The quantitative estimate of drug-likeness (QED) is 0.904. The van der Waals surface area contributed by atoms with Crippen LogP contribution in [0.4, 0.5) is 5.69 Å². The highest BCUT2D eigenvalue weighted by Gasteiger charge is 2.49. The zero-order valence-corrected chi connectivity index (χ0v) is 13.7. The second-order valence-electron chi connectivity index (χ2n) is 6.92. The molecule has 0 aromatic heterocycles. The Morgan fingerprint density at radius 1 is 1.33 bits per heavy atom. The lowest BCUT2D eigenvalue weighted by atomic mass is 9.92. The van der Waals surface area contributed by atoms with Gasteiger partial charge in [-0.3, -0.25) is 4.90 Å². The molecular weight excluding hydrogens is 258 g/mol. The average molecular weight is 287 g/mol. The molecule has 3 rings (SSSR count). The fourth-order valence-electron chi connectivity index (χ4n) is 4.20. The maximum atomic E-state index is 6.31. The summed E-state index contributed by atoms with van der Waals surface area (Å²) in [5, 5.41) is 0. The van der Waals surface area contributed by atoms with Crippen molar-refractivity contribution in [2.45, 2.75) is 57.7 Å². The molecule has 1 heterocycles. The van der Waals surface area contributed by atoms with E-state index < -0.39 is 0 Å². The number of likely N-dealkylation sites (tertiary alicyclic amines) is 1. The van der Waals surface area contributed by atoms with Gasteiger partial charge in [0.25, 0.3) is 0 Å². The van der Waals surface area contributed by atoms with E-state index in [2.05, 4.69) is 54.8 Å². The third kappa shape index (κ3) is 2.58. The van der Waals surface area contributed by atoms with Gasteiger partial charge in [-0.2, -0.15) is 0 Å². The van der Waals surface area contributed by atoms with Crippen molar-refractivity contribution in [3.63, 3.8) is 0 Å². The minimum atomic E-state index is 0.100. The van der Waals surface area contributed by atoms with Gasteiger partial charge in [-0.1, -0.05) is 18.2 Å². The third-order valence-corrected chi connectivity index (χ3v) is 5.41. The van der Waals surface area contributed by atoms with Gasteiger partial charge in [0, 0.05) is 37.4 Å². The summed E-state index contributed by atoms with van der Waals surface area (Å²) in [5.74, 6) is 0. The fraction of sp³-hybridized carbons (Fsp3) is 0.667. The number of hydrogen-bond acceptors (Lipinski definition) is 3. The molecule has 1 aliphatic carbocycles. The van der Waals surface area contributed by atoms with Crippen LogP contribution in [-0.4, -0.2) is 42.2 Å². The molecule has 116 valence electrons. The van der Waals surface area contributed by atoms with Gasteiger partial charge >= 0.3 is 0 Å². The molecular formula is C18H29N3. The highest BCUT2D eigenvalue weighted by Crippen LogP contribution is 2.41. The van der Waals surface area contributed by atoms with Crippen LogP contribution >= 0.6 is 0 Å². The number of para-hydroxylation sites is 1. The molecule has 3 nitrogen and oxygen atoms in total. The van der Waals surface area contributed by atoms with E-state index in [1.54, 1.807) is 0 Å². The molecule has 1 aromatic rings. The highest BCUT2D eigenvalue weighted by molar-refractivity contribution is 5.56. The van der Waals surface area contributed by atoms with Crippen LogP contribution in [-0.2, 0) is 0 Å². The maximum absolute atomic E-state index is 6.31. The second kappa shape index (κ2) is 5.62. The molecule has 2 fully saturated rings. The van der Waals surface area contributed by atoms with Crippen LogP contribution in [0.2, 0.25) is 0 Å². The van der Waals surface area contributed by atoms with Crippen LogP contribution < -0.4 is 10.6 Å². The van der Waals surface area contributed by atoms with E-state index >= 15 is 0 Å². The molecule has 1 aromatic carbocycles. The van der Waals surface area contributed by atoms with E-state index in [1.807, 2.05) is 0 Å². The van der Waals surface area contributed by atoms with Crippen molar-refractivity contribution in [2.75, 3.05) is 24.5 Å². The van der Waals surface area contributed by atoms with Crippen LogP contribution in [0, 0.1) is 6.92 Å². The first-order chi connectivity index (χ1) is 10.1. The summed E-state index contributed by atoms with van der Waals surface area (Å²) < 4.78 is 0. The van der Waals surface area contributed by atoms with Crippen molar-refractivity contribution >= 4 is 5.69 Å². The van der Waals surface area contributed by atoms with Crippen molar-refractivity contribution < 1.29 is 0 Å². The minimum absolute atomic E-state index is 0.100. The van der Waals surface area contributed by atoms with Crippen molar-refractivity contribution in [3.8, 4) is 0 Å². The Labute approximate surface area is 129 Å². The van der Waals surface area contributed by atoms with Crippen molar-refractivity contribution in [3.05, 3.63) is 29.8 Å². The van der Waals surface area contributed by atoms with Gasteiger partial charge in [0.2, 0.25) is 0 Å². The summed E-state index contributed by atoms with van der Waals surface area (Å²) >= 11 is 0. The predicted octanol–water partition coefficient (Wildman–Crippen LogP) is 2.78. The van der Waals surface area contributed by atoms with Gasteiger partial charge in [-0.15, -0.1) is 0 Å². The normalized spacial score (nSPS) is 29.8. The zero-order valence-electron chi connectivity index (χ0n) is 13.7. The first-order valence-corrected chi connectivity index (χ1v) is 8.40. The van der Waals surface area contributed by atoms with E-state index in [9.17, 15) is 0 Å². The molecule has 21 heavy (non-hydrogen) atoms. The summed E-state index contributed by atoms with van der Waals surface area (Å²) in [7, 11) is 0.